The molecule has 2 N–H and O–H groups in total. The molecule has 0 bridgehead atoms. The summed E-state index contributed by atoms with van der Waals surface area (Å²) >= 11 is 0. The zero-order valence-corrected chi connectivity index (χ0v) is 19.9. The first-order valence-corrected chi connectivity index (χ1v) is 11.1. The van der Waals surface area contributed by atoms with E-state index in [1.165, 1.54) is 27.3 Å². The monoisotopic (exact) mass is 475 g/mol. The molecule has 0 aromatic carbocycles. The number of allylic oxidation sites excluding steroid dienone is 1. The molecule has 2 fully saturated rings. The number of aliphatic hydroxyl groups is 1. The minimum Gasteiger partial charge on any atom is -0.504 e. The maximum Gasteiger partial charge on any atom is 0.340 e. The topological polar surface area (TPSA) is 137 Å². The Balaban J connectivity index is 2.03. The second-order valence-corrected chi connectivity index (χ2v) is 9.55. The summed E-state index contributed by atoms with van der Waals surface area (Å²) in [5.41, 5.74) is 0.912. The van der Waals surface area contributed by atoms with Crippen LogP contribution in [0.25, 0.3) is 0 Å². The number of hydrogen-bond donors (Lipinski definition) is 2. The molecular formula is C24H29NO9. The average molecular weight is 475 g/mol. The van der Waals surface area contributed by atoms with Gasteiger partial charge in [0.15, 0.2) is 5.76 Å². The van der Waals surface area contributed by atoms with Crippen molar-refractivity contribution in [3.63, 3.8) is 0 Å². The van der Waals surface area contributed by atoms with E-state index in [0.29, 0.717) is 12.0 Å². The lowest BCUT2D eigenvalue weighted by Gasteiger charge is -2.53. The first-order chi connectivity index (χ1) is 16.0. The molecule has 10 heteroatoms. The van der Waals surface area contributed by atoms with Gasteiger partial charge in [-0.2, -0.15) is 0 Å². The number of aliphatic hydroxyl groups excluding tert-OH is 1. The van der Waals surface area contributed by atoms with Gasteiger partial charge in [-0.3, -0.25) is 24.7 Å². The van der Waals surface area contributed by atoms with Crippen LogP contribution in [0, 0.1) is 16.7 Å². The van der Waals surface area contributed by atoms with E-state index in [2.05, 4.69) is 5.48 Å². The minimum absolute atomic E-state index is 0.0122. The third kappa shape index (κ3) is 3.23. The quantitative estimate of drug-likeness (QED) is 0.343. The maximum atomic E-state index is 13.7. The molecule has 10 nitrogen and oxygen atoms in total. The summed E-state index contributed by atoms with van der Waals surface area (Å²) in [5.74, 6) is -3.10. The number of ketones is 2. The minimum atomic E-state index is -1.27. The van der Waals surface area contributed by atoms with Crippen LogP contribution in [0.2, 0.25) is 0 Å². The van der Waals surface area contributed by atoms with Crippen LogP contribution in [0.15, 0.2) is 34.3 Å². The summed E-state index contributed by atoms with van der Waals surface area (Å²) in [5, 5.41) is 11.2. The van der Waals surface area contributed by atoms with Gasteiger partial charge in [-0.1, -0.05) is 6.92 Å². The number of carbonyl (C=O) groups is 4. The van der Waals surface area contributed by atoms with E-state index >= 15 is 0 Å². The summed E-state index contributed by atoms with van der Waals surface area (Å²) in [6.07, 6.45) is 0.259. The van der Waals surface area contributed by atoms with E-state index in [0.717, 1.165) is 0 Å². The second-order valence-electron chi connectivity index (χ2n) is 9.55. The molecule has 1 heterocycles. The summed E-state index contributed by atoms with van der Waals surface area (Å²) in [7, 11) is 2.79. The molecule has 1 aliphatic heterocycles. The highest BCUT2D eigenvalue weighted by atomic mass is 16.6. The van der Waals surface area contributed by atoms with E-state index in [4.69, 9.17) is 19.0 Å². The number of fused-ring (bicyclic) bond motifs is 4. The summed E-state index contributed by atoms with van der Waals surface area (Å²) in [6, 6.07) is 0. The van der Waals surface area contributed by atoms with Crippen LogP contribution in [0.3, 0.4) is 0 Å². The predicted octanol–water partition coefficient (Wildman–Crippen LogP) is 1.61. The van der Waals surface area contributed by atoms with Crippen molar-refractivity contribution in [1.29, 1.82) is 0 Å². The first kappa shape index (κ1) is 24.2. The molecule has 0 amide bonds. The van der Waals surface area contributed by atoms with Crippen molar-refractivity contribution < 1.29 is 43.3 Å². The van der Waals surface area contributed by atoms with E-state index < -0.39 is 52.4 Å². The van der Waals surface area contributed by atoms with Gasteiger partial charge in [0.25, 0.3) is 0 Å². The molecule has 184 valence electrons. The second kappa shape index (κ2) is 8.35. The van der Waals surface area contributed by atoms with Crippen molar-refractivity contribution >= 4 is 23.5 Å². The number of cyclic esters (lactones) is 1. The lowest BCUT2D eigenvalue weighted by molar-refractivity contribution is -0.160. The number of esters is 2. The zero-order valence-electron chi connectivity index (χ0n) is 19.9. The number of rotatable bonds is 5. The molecule has 4 rings (SSSR count). The molecule has 0 unspecified atom stereocenters. The number of methoxy groups -OCH3 is 1. The fourth-order valence-electron chi connectivity index (χ4n) is 6.21. The Morgan fingerprint density at radius 1 is 1.26 bits per heavy atom. The molecule has 1 saturated heterocycles. The lowest BCUT2D eigenvalue weighted by Crippen LogP contribution is -2.57. The number of hydroxylamine groups is 1. The largest absolute Gasteiger partial charge is 0.504 e. The van der Waals surface area contributed by atoms with E-state index in [9.17, 15) is 24.3 Å². The zero-order chi connectivity index (χ0) is 25.0. The number of ether oxygens (including phenoxy) is 3. The Bertz CT molecular complexity index is 1070. The standard InChI is InChI=1S/C24H29NO9/c1-11(26)33-14-8-23(2)13(6-7-15(23)27)17-19(14)24(3)16(10-31-4)34-22(30)12(9-25-32-5)18(24)21(29)20(17)28/h9,13-14,16,25,29H,6-8,10H2,1-5H3/b12-9-/t13-,14+,16+,23-,24-/m0/s1. The van der Waals surface area contributed by atoms with Gasteiger partial charge in [0.2, 0.25) is 5.78 Å². The van der Waals surface area contributed by atoms with Crippen molar-refractivity contribution in [2.75, 3.05) is 20.8 Å². The molecule has 34 heavy (non-hydrogen) atoms. The SMILES string of the molecule is COC[C@H]1OC(=O)/C(=C\NOC)C2=C(O)C(=O)C3=C([C@H](OC(C)=O)C[C@]4(C)C(=O)CC[C@@H]34)[C@]21C. The van der Waals surface area contributed by atoms with Gasteiger partial charge >= 0.3 is 11.9 Å². The molecule has 0 aromatic heterocycles. The molecule has 3 aliphatic carbocycles. The molecule has 4 aliphatic rings. The van der Waals surface area contributed by atoms with Gasteiger partial charge < -0.3 is 19.3 Å². The average Bonchev–Trinajstić information content (AvgIpc) is 3.06. The van der Waals surface area contributed by atoms with Crippen LogP contribution < -0.4 is 5.48 Å². The first-order valence-electron chi connectivity index (χ1n) is 11.1. The lowest BCUT2D eigenvalue weighted by atomic mass is 9.53. The van der Waals surface area contributed by atoms with Crippen LogP contribution in [-0.4, -0.2) is 61.6 Å². The molecule has 0 aromatic rings. The fraction of sp³-hybridized carbons (Fsp3) is 0.583. The normalized spacial score (nSPS) is 36.2. The number of carbonyl (C=O) groups excluding carboxylic acids is 4. The van der Waals surface area contributed by atoms with Crippen LogP contribution in [-0.2, 0) is 38.2 Å². The van der Waals surface area contributed by atoms with Crippen molar-refractivity contribution in [2.24, 2.45) is 16.7 Å². The predicted molar refractivity (Wildman–Crippen MR) is 116 cm³/mol. The highest BCUT2D eigenvalue weighted by Gasteiger charge is 2.64. The summed E-state index contributed by atoms with van der Waals surface area (Å²) in [6.45, 7) is 4.73. The molecule has 1 saturated carbocycles. The molecule has 5 atom stereocenters. The van der Waals surface area contributed by atoms with E-state index in [1.54, 1.807) is 13.8 Å². The highest BCUT2D eigenvalue weighted by molar-refractivity contribution is 6.14. The van der Waals surface area contributed by atoms with E-state index in [1.807, 2.05) is 0 Å². The Labute approximate surface area is 196 Å². The maximum absolute atomic E-state index is 13.7. The Hall–Kier alpha value is -2.98. The van der Waals surface area contributed by atoms with Crippen molar-refractivity contribution in [3.05, 3.63) is 34.3 Å². The van der Waals surface area contributed by atoms with Gasteiger partial charge in [0.1, 0.15) is 18.0 Å². The van der Waals surface area contributed by atoms with E-state index in [-0.39, 0.29) is 42.0 Å². The fourth-order valence-corrected chi connectivity index (χ4v) is 6.21. The molecule has 0 spiro atoms. The van der Waals surface area contributed by atoms with Crippen molar-refractivity contribution in [2.45, 2.75) is 52.2 Å². The van der Waals surface area contributed by atoms with Gasteiger partial charge in [-0.15, -0.1) is 0 Å². The van der Waals surface area contributed by atoms with Crippen LogP contribution >= 0.6 is 0 Å². The summed E-state index contributed by atoms with van der Waals surface area (Å²) < 4.78 is 16.8. The van der Waals surface area contributed by atoms with Gasteiger partial charge in [0.05, 0.1) is 24.7 Å². The smallest absolute Gasteiger partial charge is 0.340 e. The number of nitrogens with one attached hydrogen (secondary N) is 1. The van der Waals surface area contributed by atoms with Gasteiger partial charge in [0, 0.05) is 55.6 Å². The van der Waals surface area contributed by atoms with Crippen molar-refractivity contribution in [1.82, 2.24) is 5.48 Å². The third-order valence-corrected chi connectivity index (χ3v) is 7.74. The highest BCUT2D eigenvalue weighted by Crippen LogP contribution is 2.62. The van der Waals surface area contributed by atoms with Gasteiger partial charge in [-0.25, -0.2) is 4.79 Å². The number of hydrogen-bond acceptors (Lipinski definition) is 10. The van der Waals surface area contributed by atoms with Crippen LogP contribution in [0.1, 0.15) is 40.0 Å². The Kier molecular flexibility index (Phi) is 5.93. The van der Waals surface area contributed by atoms with Crippen molar-refractivity contribution in [3.8, 4) is 0 Å². The third-order valence-electron chi connectivity index (χ3n) is 7.74. The Morgan fingerprint density at radius 2 is 1.97 bits per heavy atom. The van der Waals surface area contributed by atoms with Gasteiger partial charge in [-0.05, 0) is 18.9 Å². The van der Waals surface area contributed by atoms with Crippen LogP contribution in [0.5, 0.6) is 0 Å². The summed E-state index contributed by atoms with van der Waals surface area (Å²) in [4.78, 5) is 56.4. The van der Waals surface area contributed by atoms with Crippen LogP contribution in [0.4, 0.5) is 0 Å². The Morgan fingerprint density at radius 3 is 2.59 bits per heavy atom. The molecule has 0 radical (unpaired) electrons. The molecular weight excluding hydrogens is 446 g/mol. The number of Topliss-reactive ketones (excluding diaryl/α,β-unsaturated/α-hetero) is 2.